The number of fused-ring (bicyclic) bond motifs is 1. The minimum absolute atomic E-state index is 0.00563. The minimum Gasteiger partial charge on any atom is -0.323 e. The van der Waals surface area contributed by atoms with E-state index in [-0.39, 0.29) is 11.8 Å². The number of benzene rings is 2. The molecule has 2 heterocycles. The van der Waals surface area contributed by atoms with Gasteiger partial charge in [-0.05, 0) is 42.5 Å². The Balaban J connectivity index is 1.60. The summed E-state index contributed by atoms with van der Waals surface area (Å²) in [6.45, 7) is 6.87. The number of piperidine rings is 1. The average Bonchev–Trinajstić information content (AvgIpc) is 2.80. The van der Waals surface area contributed by atoms with Crippen molar-refractivity contribution in [3.05, 3.63) is 64.7 Å². The Bertz CT molecular complexity index is 899. The summed E-state index contributed by atoms with van der Waals surface area (Å²) in [6.07, 6.45) is 1.45. The first-order valence-electron chi connectivity index (χ1n) is 9.94. The van der Waals surface area contributed by atoms with E-state index < -0.39 is 5.54 Å². The largest absolute Gasteiger partial charge is 0.323 e. The molecule has 0 radical (unpaired) electrons. The van der Waals surface area contributed by atoms with E-state index in [1.54, 1.807) is 0 Å². The van der Waals surface area contributed by atoms with Crippen LogP contribution in [0.15, 0.2) is 53.5 Å². The fraction of sp³-hybridized carbons (Fsp3) is 0.391. The Morgan fingerprint density at radius 3 is 2.54 bits per heavy atom. The van der Waals surface area contributed by atoms with E-state index in [9.17, 15) is 4.79 Å². The van der Waals surface area contributed by atoms with Crippen LogP contribution in [0.25, 0.3) is 0 Å². The maximum absolute atomic E-state index is 13.2. The molecule has 0 aliphatic carbocycles. The van der Waals surface area contributed by atoms with Gasteiger partial charge in [0.1, 0.15) is 5.54 Å². The second-order valence-electron chi connectivity index (χ2n) is 8.09. The SMILES string of the molecule is CC(C)C1=NC2(CCN(Cc3ccccc3)CC2)C(=O)Nc2ccc(Cl)cc21. The molecule has 2 aromatic carbocycles. The fourth-order valence-corrected chi connectivity index (χ4v) is 4.29. The molecule has 1 spiro atoms. The molecule has 5 heteroatoms. The first kappa shape index (κ1) is 19.2. The number of halogens is 1. The molecule has 146 valence electrons. The maximum atomic E-state index is 13.2. The average molecular weight is 396 g/mol. The van der Waals surface area contributed by atoms with Gasteiger partial charge in [-0.15, -0.1) is 0 Å². The van der Waals surface area contributed by atoms with E-state index in [1.165, 1.54) is 5.56 Å². The third-order valence-corrected chi connectivity index (χ3v) is 5.98. The zero-order chi connectivity index (χ0) is 19.7. The number of nitrogens with zero attached hydrogens (tertiary/aromatic N) is 2. The summed E-state index contributed by atoms with van der Waals surface area (Å²) in [4.78, 5) is 20.7. The first-order chi connectivity index (χ1) is 13.5. The third-order valence-electron chi connectivity index (χ3n) is 5.74. The molecule has 1 amide bonds. The van der Waals surface area contributed by atoms with Gasteiger partial charge in [-0.1, -0.05) is 55.8 Å². The highest BCUT2D eigenvalue weighted by Gasteiger charge is 2.43. The molecule has 1 fully saturated rings. The van der Waals surface area contributed by atoms with Crippen LogP contribution < -0.4 is 5.32 Å². The molecule has 0 bridgehead atoms. The number of hydrogen-bond donors (Lipinski definition) is 1. The maximum Gasteiger partial charge on any atom is 0.252 e. The highest BCUT2D eigenvalue weighted by Crippen LogP contribution is 2.35. The van der Waals surface area contributed by atoms with Gasteiger partial charge in [0.2, 0.25) is 0 Å². The topological polar surface area (TPSA) is 44.7 Å². The van der Waals surface area contributed by atoms with Crippen molar-refractivity contribution < 1.29 is 4.79 Å². The van der Waals surface area contributed by atoms with E-state index in [4.69, 9.17) is 16.6 Å². The van der Waals surface area contributed by atoms with Crippen molar-refractivity contribution in [3.63, 3.8) is 0 Å². The summed E-state index contributed by atoms with van der Waals surface area (Å²) in [7, 11) is 0. The van der Waals surface area contributed by atoms with Crippen molar-refractivity contribution in [2.45, 2.75) is 38.8 Å². The summed E-state index contributed by atoms with van der Waals surface area (Å²) in [5, 5.41) is 3.79. The van der Waals surface area contributed by atoms with E-state index in [0.29, 0.717) is 5.02 Å². The lowest BCUT2D eigenvalue weighted by molar-refractivity contribution is -0.122. The Morgan fingerprint density at radius 1 is 1.14 bits per heavy atom. The van der Waals surface area contributed by atoms with Crippen LogP contribution in [0.2, 0.25) is 5.02 Å². The second-order valence-corrected chi connectivity index (χ2v) is 8.53. The number of nitrogens with one attached hydrogen (secondary N) is 1. The van der Waals surface area contributed by atoms with Crippen molar-refractivity contribution in [1.82, 2.24) is 4.90 Å². The summed E-state index contributed by atoms with van der Waals surface area (Å²) in [6, 6.07) is 16.1. The molecule has 2 aromatic rings. The van der Waals surface area contributed by atoms with Gasteiger partial charge in [0.05, 0.1) is 0 Å². The van der Waals surface area contributed by atoms with Crippen LogP contribution in [0.3, 0.4) is 0 Å². The molecule has 0 saturated carbocycles. The smallest absolute Gasteiger partial charge is 0.252 e. The van der Waals surface area contributed by atoms with Gasteiger partial charge in [0.25, 0.3) is 5.91 Å². The van der Waals surface area contributed by atoms with Crippen molar-refractivity contribution in [2.75, 3.05) is 18.4 Å². The number of rotatable bonds is 3. The van der Waals surface area contributed by atoms with Gasteiger partial charge in [0.15, 0.2) is 0 Å². The number of carbonyl (C=O) groups excluding carboxylic acids is 1. The van der Waals surface area contributed by atoms with Crippen LogP contribution in [0.4, 0.5) is 5.69 Å². The van der Waals surface area contributed by atoms with Crippen LogP contribution in [0, 0.1) is 5.92 Å². The lowest BCUT2D eigenvalue weighted by atomic mass is 9.86. The Hall–Kier alpha value is -2.17. The number of likely N-dealkylation sites (tertiary alicyclic amines) is 1. The molecule has 4 rings (SSSR count). The van der Waals surface area contributed by atoms with Crippen LogP contribution in [0.1, 0.15) is 37.8 Å². The van der Waals surface area contributed by atoms with Gasteiger partial charge in [0, 0.05) is 41.6 Å². The van der Waals surface area contributed by atoms with E-state index in [1.807, 2.05) is 24.3 Å². The number of amides is 1. The summed E-state index contributed by atoms with van der Waals surface area (Å²) in [5.41, 5.74) is 3.33. The molecule has 0 atom stereocenters. The number of carbonyl (C=O) groups is 1. The second kappa shape index (κ2) is 7.69. The predicted octanol–water partition coefficient (Wildman–Crippen LogP) is 4.77. The molecule has 1 N–H and O–H groups in total. The van der Waals surface area contributed by atoms with Gasteiger partial charge < -0.3 is 5.32 Å². The van der Waals surface area contributed by atoms with Crippen molar-refractivity contribution in [1.29, 1.82) is 0 Å². The molecular weight excluding hydrogens is 370 g/mol. The van der Waals surface area contributed by atoms with E-state index >= 15 is 0 Å². The zero-order valence-electron chi connectivity index (χ0n) is 16.4. The van der Waals surface area contributed by atoms with E-state index in [2.05, 4.69) is 48.3 Å². The van der Waals surface area contributed by atoms with Gasteiger partial charge in [-0.25, -0.2) is 0 Å². The lowest BCUT2D eigenvalue weighted by Crippen LogP contribution is -2.50. The van der Waals surface area contributed by atoms with Crippen molar-refractivity contribution in [2.24, 2.45) is 10.9 Å². The Morgan fingerprint density at radius 2 is 1.86 bits per heavy atom. The quantitative estimate of drug-likeness (QED) is 0.813. The van der Waals surface area contributed by atoms with Gasteiger partial charge in [-0.3, -0.25) is 14.7 Å². The minimum atomic E-state index is -0.696. The number of aliphatic imine (C=N–C) groups is 1. The van der Waals surface area contributed by atoms with Gasteiger partial charge in [-0.2, -0.15) is 0 Å². The number of anilines is 1. The molecule has 4 nitrogen and oxygen atoms in total. The van der Waals surface area contributed by atoms with Crippen molar-refractivity contribution >= 4 is 28.9 Å². The molecule has 2 aliphatic rings. The Kier molecular flexibility index (Phi) is 5.26. The summed E-state index contributed by atoms with van der Waals surface area (Å²) >= 11 is 6.24. The molecule has 0 unspecified atom stereocenters. The monoisotopic (exact) mass is 395 g/mol. The predicted molar refractivity (Wildman–Crippen MR) is 115 cm³/mol. The normalized spacial score (nSPS) is 19.1. The lowest BCUT2D eigenvalue weighted by Gasteiger charge is -2.38. The van der Waals surface area contributed by atoms with Gasteiger partial charge >= 0.3 is 0 Å². The van der Waals surface area contributed by atoms with E-state index in [0.717, 1.165) is 49.4 Å². The molecule has 1 saturated heterocycles. The molecule has 0 aromatic heterocycles. The van der Waals surface area contributed by atoms with Crippen molar-refractivity contribution in [3.8, 4) is 0 Å². The number of hydrogen-bond acceptors (Lipinski definition) is 3. The zero-order valence-corrected chi connectivity index (χ0v) is 17.2. The molecule has 2 aliphatic heterocycles. The van der Waals surface area contributed by atoms with Crippen LogP contribution in [-0.2, 0) is 11.3 Å². The highest BCUT2D eigenvalue weighted by molar-refractivity contribution is 6.31. The Labute approximate surface area is 171 Å². The first-order valence-corrected chi connectivity index (χ1v) is 10.3. The summed E-state index contributed by atoms with van der Waals surface area (Å²) in [5.74, 6) is 0.218. The van der Waals surface area contributed by atoms with Crippen LogP contribution in [0.5, 0.6) is 0 Å². The van der Waals surface area contributed by atoms with Crippen LogP contribution in [-0.4, -0.2) is 35.1 Å². The highest BCUT2D eigenvalue weighted by atomic mass is 35.5. The standard InChI is InChI=1S/C23H26ClN3O/c1-16(2)21-19-14-18(24)8-9-20(19)25-22(28)23(26-21)10-12-27(13-11-23)15-17-6-4-3-5-7-17/h3-9,14,16H,10-13,15H2,1-2H3,(H,25,28). The fourth-order valence-electron chi connectivity index (χ4n) is 4.12. The molecule has 28 heavy (non-hydrogen) atoms. The summed E-state index contributed by atoms with van der Waals surface area (Å²) < 4.78 is 0. The molecular formula is C23H26ClN3O. The van der Waals surface area contributed by atoms with Crippen LogP contribution >= 0.6 is 11.6 Å². The third kappa shape index (κ3) is 3.71.